The summed E-state index contributed by atoms with van der Waals surface area (Å²) in [5.41, 5.74) is -0.544. The highest BCUT2D eigenvalue weighted by molar-refractivity contribution is 6.31. The number of carbonyl (C=O) groups excluding carboxylic acids is 1. The number of halogens is 3. The molecule has 1 aliphatic heterocycles. The summed E-state index contributed by atoms with van der Waals surface area (Å²) in [5.74, 6) is -2.07. The molecule has 0 amide bonds. The second kappa shape index (κ2) is 4.97. The van der Waals surface area contributed by atoms with Gasteiger partial charge in [0.05, 0.1) is 18.2 Å². The number of hydrogen-bond acceptors (Lipinski definition) is 4. The van der Waals surface area contributed by atoms with Crippen molar-refractivity contribution in [3.05, 3.63) is 22.5 Å². The first-order valence-electron chi connectivity index (χ1n) is 5.31. The molecule has 0 radical (unpaired) electrons. The fourth-order valence-electron chi connectivity index (χ4n) is 1.66. The monoisotopic (exact) mass is 277 g/mol. The van der Waals surface area contributed by atoms with Crippen molar-refractivity contribution in [1.29, 1.82) is 0 Å². The third-order valence-corrected chi connectivity index (χ3v) is 2.70. The molecule has 1 aromatic carbocycles. The molecule has 0 atom stereocenters. The van der Waals surface area contributed by atoms with Gasteiger partial charge in [-0.1, -0.05) is 16.1 Å². The van der Waals surface area contributed by atoms with E-state index in [1.165, 1.54) is 0 Å². The van der Waals surface area contributed by atoms with Crippen LogP contribution in [0.15, 0.2) is 6.07 Å². The second-order valence-corrected chi connectivity index (χ2v) is 3.96. The quantitative estimate of drug-likeness (QED) is 0.615. The van der Waals surface area contributed by atoms with E-state index in [4.69, 9.17) is 21.1 Å². The molecule has 0 fully saturated rings. The van der Waals surface area contributed by atoms with Crippen LogP contribution in [-0.4, -0.2) is 25.7 Å². The Balaban J connectivity index is 2.59. The number of fused-ring (bicyclic) bond motifs is 1. The Bertz CT molecular complexity index is 496. The van der Waals surface area contributed by atoms with Crippen LogP contribution in [0.4, 0.5) is 14.6 Å². The summed E-state index contributed by atoms with van der Waals surface area (Å²) in [6.45, 7) is 1.64. The number of carbonyl (C=O) groups is 1. The molecule has 0 saturated carbocycles. The first kappa shape index (κ1) is 12.9. The Hall–Kier alpha value is -1.56. The largest absolute Gasteiger partial charge is 0.488 e. The summed E-state index contributed by atoms with van der Waals surface area (Å²) in [5, 5.41) is -0.00248. The molecule has 4 nitrogen and oxygen atoms in total. The standard InChI is InChI=1S/C11H10ClF2NO3/c1-2-17-11(16)8-9(13)6(12)5-7-10(8)18-4-3-15(7)14/h5H,2-4H2,1H3. The van der Waals surface area contributed by atoms with Crippen molar-refractivity contribution in [2.45, 2.75) is 6.92 Å². The summed E-state index contributed by atoms with van der Waals surface area (Å²) in [7, 11) is 0. The van der Waals surface area contributed by atoms with Gasteiger partial charge in [-0.05, 0) is 13.0 Å². The minimum Gasteiger partial charge on any atom is -0.488 e. The number of nitrogens with zero attached hydrogens (tertiary/aromatic N) is 1. The molecule has 98 valence electrons. The van der Waals surface area contributed by atoms with Crippen molar-refractivity contribution in [1.82, 2.24) is 0 Å². The maximum absolute atomic E-state index is 13.8. The number of benzene rings is 1. The number of ether oxygens (including phenoxy) is 2. The highest BCUT2D eigenvalue weighted by atomic mass is 35.5. The molecule has 1 heterocycles. The van der Waals surface area contributed by atoms with E-state index in [0.717, 1.165) is 6.07 Å². The molecule has 7 heteroatoms. The van der Waals surface area contributed by atoms with E-state index < -0.39 is 17.3 Å². The minimum absolute atomic E-state index is 0.0109. The van der Waals surface area contributed by atoms with Gasteiger partial charge in [0.15, 0.2) is 11.6 Å². The van der Waals surface area contributed by atoms with Gasteiger partial charge >= 0.3 is 5.97 Å². The molecule has 0 saturated heterocycles. The lowest BCUT2D eigenvalue weighted by molar-refractivity contribution is 0.0515. The molecule has 18 heavy (non-hydrogen) atoms. The van der Waals surface area contributed by atoms with Gasteiger partial charge in [-0.2, -0.15) is 0 Å². The first-order valence-corrected chi connectivity index (χ1v) is 5.69. The highest BCUT2D eigenvalue weighted by Gasteiger charge is 2.30. The van der Waals surface area contributed by atoms with Crippen LogP contribution in [0.25, 0.3) is 0 Å². The number of rotatable bonds is 2. The Kier molecular flexibility index (Phi) is 3.56. The lowest BCUT2D eigenvalue weighted by atomic mass is 10.1. The second-order valence-electron chi connectivity index (χ2n) is 3.55. The van der Waals surface area contributed by atoms with Gasteiger partial charge in [0.1, 0.15) is 17.9 Å². The van der Waals surface area contributed by atoms with Gasteiger partial charge in [0.25, 0.3) is 0 Å². The number of anilines is 1. The molecule has 0 spiro atoms. The van der Waals surface area contributed by atoms with Crippen LogP contribution in [0, 0.1) is 5.82 Å². The van der Waals surface area contributed by atoms with Crippen LogP contribution in [-0.2, 0) is 4.74 Å². The lowest BCUT2D eigenvalue weighted by Crippen LogP contribution is -2.27. The van der Waals surface area contributed by atoms with E-state index in [9.17, 15) is 13.7 Å². The average Bonchev–Trinajstić information content (AvgIpc) is 2.32. The summed E-state index contributed by atoms with van der Waals surface area (Å²) < 4.78 is 37.2. The Labute approximate surface area is 107 Å². The predicted molar refractivity (Wildman–Crippen MR) is 61.3 cm³/mol. The van der Waals surface area contributed by atoms with Crippen molar-refractivity contribution in [2.24, 2.45) is 0 Å². The summed E-state index contributed by atoms with van der Waals surface area (Å²) in [6, 6.07) is 1.08. The molecule has 0 aliphatic carbocycles. The van der Waals surface area contributed by atoms with Crippen molar-refractivity contribution in [2.75, 3.05) is 24.9 Å². The summed E-state index contributed by atoms with van der Waals surface area (Å²) in [4.78, 5) is 11.7. The Morgan fingerprint density at radius 3 is 3.06 bits per heavy atom. The van der Waals surface area contributed by atoms with Gasteiger partial charge in [-0.25, -0.2) is 14.3 Å². The van der Waals surface area contributed by atoms with Crippen molar-refractivity contribution < 1.29 is 23.1 Å². The Morgan fingerprint density at radius 1 is 1.67 bits per heavy atom. The third-order valence-electron chi connectivity index (χ3n) is 2.43. The molecule has 2 rings (SSSR count). The minimum atomic E-state index is -0.968. The third kappa shape index (κ3) is 2.08. The van der Waals surface area contributed by atoms with Gasteiger partial charge < -0.3 is 9.47 Å². The van der Waals surface area contributed by atoms with Crippen LogP contribution in [0.2, 0.25) is 5.02 Å². The zero-order valence-electron chi connectivity index (χ0n) is 9.50. The Morgan fingerprint density at radius 2 is 2.39 bits per heavy atom. The molecular formula is C11H10ClF2NO3. The maximum atomic E-state index is 13.8. The van der Waals surface area contributed by atoms with Crippen LogP contribution in [0.5, 0.6) is 5.75 Å². The van der Waals surface area contributed by atoms with Crippen LogP contribution in [0.3, 0.4) is 0 Å². The summed E-state index contributed by atoms with van der Waals surface area (Å²) in [6.07, 6.45) is 0. The first-order chi connectivity index (χ1) is 8.56. The summed E-state index contributed by atoms with van der Waals surface area (Å²) >= 11 is 5.63. The van der Waals surface area contributed by atoms with E-state index >= 15 is 0 Å². The van der Waals surface area contributed by atoms with E-state index in [0.29, 0.717) is 5.12 Å². The zero-order valence-corrected chi connectivity index (χ0v) is 10.3. The van der Waals surface area contributed by atoms with Gasteiger partial charge in [-0.3, -0.25) is 0 Å². The van der Waals surface area contributed by atoms with Crippen LogP contribution in [0.1, 0.15) is 17.3 Å². The normalized spacial score (nSPS) is 13.9. The molecular weight excluding hydrogens is 268 g/mol. The van der Waals surface area contributed by atoms with Crippen LogP contribution >= 0.6 is 11.6 Å². The average molecular weight is 278 g/mol. The van der Waals surface area contributed by atoms with Gasteiger partial charge in [0.2, 0.25) is 0 Å². The smallest absolute Gasteiger partial charge is 0.345 e. The molecule has 0 bridgehead atoms. The van der Waals surface area contributed by atoms with Gasteiger partial charge in [-0.15, -0.1) is 0 Å². The van der Waals surface area contributed by atoms with E-state index in [-0.39, 0.29) is 36.2 Å². The van der Waals surface area contributed by atoms with E-state index in [2.05, 4.69) is 0 Å². The van der Waals surface area contributed by atoms with Crippen molar-refractivity contribution in [3.63, 3.8) is 0 Å². The van der Waals surface area contributed by atoms with E-state index in [1.807, 2.05) is 0 Å². The fraction of sp³-hybridized carbons (Fsp3) is 0.364. The zero-order chi connectivity index (χ0) is 13.3. The molecule has 1 aliphatic rings. The predicted octanol–water partition coefficient (Wildman–Crippen LogP) is 2.74. The number of hydrogen-bond donors (Lipinski definition) is 0. The number of esters is 1. The highest BCUT2D eigenvalue weighted by Crippen LogP contribution is 2.40. The topological polar surface area (TPSA) is 38.8 Å². The SMILES string of the molecule is CCOC(=O)c1c(F)c(Cl)cc2c1OCCN2F. The molecule has 0 unspecified atom stereocenters. The van der Waals surface area contributed by atoms with Crippen molar-refractivity contribution >= 4 is 23.3 Å². The molecule has 0 N–H and O–H groups in total. The van der Waals surface area contributed by atoms with E-state index in [1.54, 1.807) is 6.92 Å². The van der Waals surface area contributed by atoms with Crippen molar-refractivity contribution in [3.8, 4) is 5.75 Å². The van der Waals surface area contributed by atoms with Crippen LogP contribution < -0.4 is 9.86 Å². The van der Waals surface area contributed by atoms with Gasteiger partial charge in [0, 0.05) is 0 Å². The maximum Gasteiger partial charge on any atom is 0.345 e. The molecule has 1 aromatic rings. The lowest BCUT2D eigenvalue weighted by Gasteiger charge is -2.25. The fourth-order valence-corrected chi connectivity index (χ4v) is 1.85. The molecule has 0 aromatic heterocycles.